The molecule has 0 aromatic rings. The van der Waals surface area contributed by atoms with Crippen molar-refractivity contribution < 1.29 is 22.7 Å². The van der Waals surface area contributed by atoms with E-state index >= 15 is 0 Å². The van der Waals surface area contributed by atoms with Crippen molar-refractivity contribution in [2.45, 2.75) is 19.2 Å². The lowest BCUT2D eigenvalue weighted by Gasteiger charge is -2.29. The Morgan fingerprint density at radius 3 is 2.50 bits per heavy atom. The maximum absolute atomic E-state index is 11.9. The van der Waals surface area contributed by atoms with Crippen LogP contribution in [0.2, 0.25) is 0 Å². The molecule has 0 aromatic carbocycles. The van der Waals surface area contributed by atoms with Crippen LogP contribution in [0.5, 0.6) is 0 Å². The Kier molecular flexibility index (Phi) is 4.55. The molecular weight excluding hydrogens is 225 g/mol. The number of hydrogen-bond acceptors (Lipinski definition) is 3. The monoisotopic (exact) mass is 240 g/mol. The molecule has 0 aliphatic carbocycles. The first-order chi connectivity index (χ1) is 7.40. The number of alkyl halides is 3. The second kappa shape index (κ2) is 5.49. The van der Waals surface area contributed by atoms with Crippen molar-refractivity contribution in [2.24, 2.45) is 0 Å². The zero-order valence-corrected chi connectivity index (χ0v) is 9.01. The summed E-state index contributed by atoms with van der Waals surface area (Å²) >= 11 is 0. The molecule has 1 atom stereocenters. The van der Waals surface area contributed by atoms with Gasteiger partial charge in [0.2, 0.25) is 0 Å². The van der Waals surface area contributed by atoms with E-state index in [-0.39, 0.29) is 5.91 Å². The smallest absolute Gasteiger partial charge is 0.359 e. The Hall–Kier alpha value is -0.820. The number of hydrogen-bond donors (Lipinski definition) is 1. The van der Waals surface area contributed by atoms with Crippen LogP contribution >= 0.6 is 0 Å². The molecule has 0 aromatic heterocycles. The third-order valence-corrected chi connectivity index (χ3v) is 2.27. The first kappa shape index (κ1) is 13.2. The van der Waals surface area contributed by atoms with E-state index < -0.39 is 18.9 Å². The van der Waals surface area contributed by atoms with Gasteiger partial charge in [0.25, 0.3) is 5.91 Å². The molecule has 1 aliphatic heterocycles. The minimum absolute atomic E-state index is 0.384. The van der Waals surface area contributed by atoms with Crippen LogP contribution in [0.25, 0.3) is 0 Å². The summed E-state index contributed by atoms with van der Waals surface area (Å²) in [6, 6.07) is 0. The number of ether oxygens (including phenoxy) is 1. The lowest BCUT2D eigenvalue weighted by atomic mass is 10.3. The maximum Gasteiger partial charge on any atom is 0.411 e. The summed E-state index contributed by atoms with van der Waals surface area (Å²) in [5, 5.41) is 3.05. The highest BCUT2D eigenvalue weighted by Gasteiger charge is 2.31. The molecule has 7 heteroatoms. The number of piperazine rings is 1. The van der Waals surface area contributed by atoms with Crippen molar-refractivity contribution in [3.05, 3.63) is 0 Å². The molecule has 16 heavy (non-hydrogen) atoms. The summed E-state index contributed by atoms with van der Waals surface area (Å²) in [5.41, 5.74) is 0. The van der Waals surface area contributed by atoms with E-state index in [1.165, 1.54) is 11.8 Å². The molecule has 1 unspecified atom stereocenters. The van der Waals surface area contributed by atoms with Crippen LogP contribution < -0.4 is 5.32 Å². The average molecular weight is 240 g/mol. The number of rotatable bonds is 3. The third kappa shape index (κ3) is 4.36. The largest absolute Gasteiger partial charge is 0.411 e. The molecule has 1 aliphatic rings. The fourth-order valence-corrected chi connectivity index (χ4v) is 1.43. The lowest BCUT2D eigenvalue weighted by molar-refractivity contribution is -0.188. The average Bonchev–Trinajstić information content (AvgIpc) is 2.25. The van der Waals surface area contributed by atoms with Crippen LogP contribution in [-0.2, 0) is 9.53 Å². The summed E-state index contributed by atoms with van der Waals surface area (Å²) in [6.45, 7) is 2.31. The highest BCUT2D eigenvalue weighted by molar-refractivity contribution is 5.80. The van der Waals surface area contributed by atoms with Crippen LogP contribution in [0.15, 0.2) is 0 Å². The van der Waals surface area contributed by atoms with Gasteiger partial charge in [-0.15, -0.1) is 0 Å². The molecule has 1 saturated heterocycles. The van der Waals surface area contributed by atoms with Crippen LogP contribution in [0.1, 0.15) is 6.92 Å². The van der Waals surface area contributed by atoms with Crippen LogP contribution in [0, 0.1) is 0 Å². The van der Waals surface area contributed by atoms with Crippen LogP contribution in [0.3, 0.4) is 0 Å². The van der Waals surface area contributed by atoms with Crippen molar-refractivity contribution in [3.63, 3.8) is 0 Å². The van der Waals surface area contributed by atoms with E-state index in [9.17, 15) is 18.0 Å². The topological polar surface area (TPSA) is 41.6 Å². The minimum Gasteiger partial charge on any atom is -0.359 e. The molecule has 1 rings (SSSR count). The molecule has 0 bridgehead atoms. The Labute approximate surface area is 91.7 Å². The Morgan fingerprint density at radius 2 is 2.00 bits per heavy atom. The zero-order chi connectivity index (χ0) is 12.2. The van der Waals surface area contributed by atoms with Gasteiger partial charge in [0.1, 0.15) is 12.7 Å². The molecule has 4 nitrogen and oxygen atoms in total. The molecule has 1 amide bonds. The van der Waals surface area contributed by atoms with E-state index in [1.54, 1.807) is 0 Å². The number of amides is 1. The van der Waals surface area contributed by atoms with Crippen molar-refractivity contribution in [2.75, 3.05) is 32.8 Å². The van der Waals surface area contributed by atoms with Gasteiger partial charge in [-0.1, -0.05) is 0 Å². The Morgan fingerprint density at radius 1 is 1.44 bits per heavy atom. The first-order valence-corrected chi connectivity index (χ1v) is 5.08. The second-order valence-corrected chi connectivity index (χ2v) is 3.64. The second-order valence-electron chi connectivity index (χ2n) is 3.64. The van der Waals surface area contributed by atoms with Crippen molar-refractivity contribution >= 4 is 5.91 Å². The molecule has 1 heterocycles. The fourth-order valence-electron chi connectivity index (χ4n) is 1.43. The lowest BCUT2D eigenvalue weighted by Crippen LogP contribution is -2.50. The summed E-state index contributed by atoms with van der Waals surface area (Å²) in [5.74, 6) is -0.384. The SMILES string of the molecule is CC(OCC(F)(F)F)C(=O)N1CCNCC1. The van der Waals surface area contributed by atoms with Gasteiger partial charge >= 0.3 is 6.18 Å². The minimum atomic E-state index is -4.39. The number of nitrogens with one attached hydrogen (secondary N) is 1. The van der Waals surface area contributed by atoms with Gasteiger partial charge in [-0.25, -0.2) is 0 Å². The van der Waals surface area contributed by atoms with E-state index in [0.717, 1.165) is 0 Å². The van der Waals surface area contributed by atoms with E-state index in [2.05, 4.69) is 10.1 Å². The van der Waals surface area contributed by atoms with Crippen LogP contribution in [-0.4, -0.2) is 55.9 Å². The van der Waals surface area contributed by atoms with Crippen molar-refractivity contribution in [3.8, 4) is 0 Å². The van der Waals surface area contributed by atoms with Gasteiger partial charge in [0.15, 0.2) is 0 Å². The molecule has 0 spiro atoms. The Balaban J connectivity index is 2.34. The van der Waals surface area contributed by atoms with Gasteiger partial charge in [-0.05, 0) is 6.92 Å². The number of carbonyl (C=O) groups excluding carboxylic acids is 1. The number of halogens is 3. The summed E-state index contributed by atoms with van der Waals surface area (Å²) in [4.78, 5) is 13.1. The molecule has 1 fully saturated rings. The quantitative estimate of drug-likeness (QED) is 0.775. The third-order valence-electron chi connectivity index (χ3n) is 2.27. The molecule has 94 valence electrons. The normalized spacial score (nSPS) is 19.6. The van der Waals surface area contributed by atoms with Crippen LogP contribution in [0.4, 0.5) is 13.2 Å². The summed E-state index contributed by atoms with van der Waals surface area (Å²) in [6.07, 6.45) is -5.43. The predicted molar refractivity (Wildman–Crippen MR) is 50.9 cm³/mol. The summed E-state index contributed by atoms with van der Waals surface area (Å²) < 4.78 is 40.1. The first-order valence-electron chi connectivity index (χ1n) is 5.08. The molecule has 1 N–H and O–H groups in total. The van der Waals surface area contributed by atoms with Gasteiger partial charge < -0.3 is 15.0 Å². The van der Waals surface area contributed by atoms with E-state index in [4.69, 9.17) is 0 Å². The Bertz CT molecular complexity index is 239. The molecule has 0 saturated carbocycles. The zero-order valence-electron chi connectivity index (χ0n) is 9.01. The highest BCUT2D eigenvalue weighted by Crippen LogP contribution is 2.16. The van der Waals surface area contributed by atoms with Gasteiger partial charge in [0.05, 0.1) is 0 Å². The van der Waals surface area contributed by atoms with Crippen molar-refractivity contribution in [1.29, 1.82) is 0 Å². The van der Waals surface area contributed by atoms with E-state index in [1.807, 2.05) is 0 Å². The van der Waals surface area contributed by atoms with Gasteiger partial charge in [-0.3, -0.25) is 4.79 Å². The molecule has 0 radical (unpaired) electrons. The maximum atomic E-state index is 11.9. The highest BCUT2D eigenvalue weighted by atomic mass is 19.4. The van der Waals surface area contributed by atoms with Gasteiger partial charge in [-0.2, -0.15) is 13.2 Å². The van der Waals surface area contributed by atoms with Crippen molar-refractivity contribution in [1.82, 2.24) is 10.2 Å². The molecular formula is C9H15F3N2O2. The number of carbonyl (C=O) groups is 1. The standard InChI is InChI=1S/C9H15F3N2O2/c1-7(16-6-9(10,11)12)8(15)14-4-2-13-3-5-14/h7,13H,2-6H2,1H3. The fraction of sp³-hybridized carbons (Fsp3) is 0.889. The predicted octanol–water partition coefficient (Wildman–Crippen LogP) is 0.386. The van der Waals surface area contributed by atoms with E-state index in [0.29, 0.717) is 26.2 Å². The van der Waals surface area contributed by atoms with Gasteiger partial charge in [0, 0.05) is 26.2 Å². The summed E-state index contributed by atoms with van der Waals surface area (Å²) in [7, 11) is 0. The number of nitrogens with zero attached hydrogens (tertiary/aromatic N) is 1.